The highest BCUT2D eigenvalue weighted by atomic mass is 16.8. The Hall–Kier alpha value is -1.85. The molecule has 0 saturated heterocycles. The van der Waals surface area contributed by atoms with Crippen molar-refractivity contribution in [3.8, 4) is 0 Å². The largest absolute Gasteiger partial charge is 0.445 e. The van der Waals surface area contributed by atoms with Crippen molar-refractivity contribution in [3.63, 3.8) is 0 Å². The van der Waals surface area contributed by atoms with E-state index in [0.717, 1.165) is 11.5 Å². The van der Waals surface area contributed by atoms with Crippen LogP contribution in [0.15, 0.2) is 22.4 Å². The maximum Gasteiger partial charge on any atom is 0.445 e. The molecule has 0 aromatic carbocycles. The highest BCUT2D eigenvalue weighted by molar-refractivity contribution is 5.67. The molecule has 0 heterocycles. The number of hydrogen-bond acceptors (Lipinski definition) is 5. The van der Waals surface area contributed by atoms with E-state index < -0.39 is 11.7 Å². The molecule has 0 spiro atoms. The molecule has 0 aliphatic carbocycles. The lowest BCUT2D eigenvalue weighted by molar-refractivity contribution is -0.145. The van der Waals surface area contributed by atoms with Gasteiger partial charge in [0.05, 0.1) is 6.54 Å². The molecule has 1 amide bonds. The molecule has 0 saturated carbocycles. The lowest BCUT2D eigenvalue weighted by Gasteiger charge is -2.24. The topological polar surface area (TPSA) is 63.5 Å². The molecular weight excluding hydrogens is 258 g/mol. The molecule has 20 heavy (non-hydrogen) atoms. The second-order valence-electron chi connectivity index (χ2n) is 5.06. The number of ether oxygens (including phenoxy) is 1. The van der Waals surface area contributed by atoms with Gasteiger partial charge < -0.3 is 4.74 Å². The number of nitrogens with zero attached hydrogens (tertiary/aromatic N) is 3. The fourth-order valence-corrected chi connectivity index (χ4v) is 1.10. The third-order valence-corrected chi connectivity index (χ3v) is 1.91. The van der Waals surface area contributed by atoms with Crippen LogP contribution in [0.1, 0.15) is 47.5 Å². The second kappa shape index (κ2) is 9.12. The molecule has 0 aliphatic rings. The normalized spacial score (nSPS) is 11.8. The first-order valence-corrected chi connectivity index (χ1v) is 6.66. The van der Waals surface area contributed by atoms with E-state index in [1.807, 2.05) is 6.92 Å². The van der Waals surface area contributed by atoms with Gasteiger partial charge in [0.25, 0.3) is 0 Å². The lowest BCUT2D eigenvalue weighted by atomic mass is 10.2. The Morgan fingerprint density at radius 2 is 2.05 bits per heavy atom. The molecular formula is C14H25N3O3. The molecule has 0 rings (SSSR count). The number of hydroxylamine groups is 2. The van der Waals surface area contributed by atoms with Crippen LogP contribution < -0.4 is 0 Å². The Bertz CT molecular complexity index is 370. The minimum atomic E-state index is -0.591. The van der Waals surface area contributed by atoms with Gasteiger partial charge in [0.15, 0.2) is 0 Å². The zero-order valence-corrected chi connectivity index (χ0v) is 13.0. The van der Waals surface area contributed by atoms with Gasteiger partial charge in [-0.1, -0.05) is 18.7 Å². The molecule has 6 nitrogen and oxygen atoms in total. The molecule has 0 aliphatic heterocycles. The second-order valence-corrected chi connectivity index (χ2v) is 5.06. The van der Waals surface area contributed by atoms with Gasteiger partial charge >= 0.3 is 6.09 Å². The third kappa shape index (κ3) is 9.13. The van der Waals surface area contributed by atoms with Crippen LogP contribution in [0.3, 0.4) is 0 Å². The van der Waals surface area contributed by atoms with Crippen molar-refractivity contribution in [2.45, 2.75) is 53.1 Å². The van der Waals surface area contributed by atoms with E-state index >= 15 is 0 Å². The molecule has 0 N–H and O–H groups in total. The molecule has 6 heteroatoms. The first-order chi connectivity index (χ1) is 9.30. The summed E-state index contributed by atoms with van der Waals surface area (Å²) in [7, 11) is 0. The molecule has 0 aromatic heterocycles. The first kappa shape index (κ1) is 18.1. The van der Waals surface area contributed by atoms with Crippen molar-refractivity contribution < 1.29 is 14.5 Å². The van der Waals surface area contributed by atoms with Crippen molar-refractivity contribution in [3.05, 3.63) is 12.3 Å². The predicted octanol–water partition coefficient (Wildman–Crippen LogP) is 3.55. The summed E-state index contributed by atoms with van der Waals surface area (Å²) in [5, 5.41) is 4.65. The van der Waals surface area contributed by atoms with Gasteiger partial charge in [0.1, 0.15) is 5.60 Å². The zero-order valence-electron chi connectivity index (χ0n) is 13.0. The van der Waals surface area contributed by atoms with E-state index in [1.54, 1.807) is 33.9 Å². The van der Waals surface area contributed by atoms with Gasteiger partial charge in [-0.25, -0.2) is 4.79 Å². The number of carbonyl (C=O) groups excluding carboxylic acids is 1. The SMILES string of the molecule is C=C(CCN(O/N=C/C)C(=O)OC(C)(C)C)/N=C\CC. The number of amides is 1. The highest BCUT2D eigenvalue weighted by Gasteiger charge is 2.23. The Kier molecular flexibility index (Phi) is 8.27. The van der Waals surface area contributed by atoms with E-state index in [4.69, 9.17) is 9.68 Å². The van der Waals surface area contributed by atoms with Crippen LogP contribution in [0.5, 0.6) is 0 Å². The Morgan fingerprint density at radius 3 is 2.55 bits per heavy atom. The summed E-state index contributed by atoms with van der Waals surface area (Å²) in [5.41, 5.74) is 0.0795. The molecule has 114 valence electrons. The van der Waals surface area contributed by atoms with E-state index in [2.05, 4.69) is 16.7 Å². The third-order valence-electron chi connectivity index (χ3n) is 1.91. The fourth-order valence-electron chi connectivity index (χ4n) is 1.10. The summed E-state index contributed by atoms with van der Waals surface area (Å²) in [5.74, 6) is 0. The summed E-state index contributed by atoms with van der Waals surface area (Å²) in [6, 6.07) is 0. The smallest absolute Gasteiger partial charge is 0.442 e. The van der Waals surface area contributed by atoms with Gasteiger partial charge in [-0.05, 0) is 34.1 Å². The number of aliphatic imine (C=N–C) groups is 1. The van der Waals surface area contributed by atoms with Gasteiger partial charge in [-0.3, -0.25) is 9.93 Å². The number of hydrogen-bond donors (Lipinski definition) is 0. The molecule has 0 bridgehead atoms. The minimum Gasteiger partial charge on any atom is -0.442 e. The monoisotopic (exact) mass is 283 g/mol. The molecule has 0 atom stereocenters. The van der Waals surface area contributed by atoms with Gasteiger partial charge in [0.2, 0.25) is 0 Å². The van der Waals surface area contributed by atoms with Crippen molar-refractivity contribution in [2.24, 2.45) is 10.1 Å². The van der Waals surface area contributed by atoms with E-state index in [1.165, 1.54) is 6.21 Å². The predicted molar refractivity (Wildman–Crippen MR) is 80.7 cm³/mol. The summed E-state index contributed by atoms with van der Waals surface area (Å²) >= 11 is 0. The Labute approximate surface area is 121 Å². The average Bonchev–Trinajstić information content (AvgIpc) is 2.34. The molecule has 0 fully saturated rings. The zero-order chi connectivity index (χ0) is 15.6. The van der Waals surface area contributed by atoms with Crippen LogP contribution in [0, 0.1) is 0 Å². The van der Waals surface area contributed by atoms with E-state index in [9.17, 15) is 4.79 Å². The summed E-state index contributed by atoms with van der Waals surface area (Å²) in [6.07, 6.45) is 3.95. The maximum absolute atomic E-state index is 11.9. The lowest BCUT2D eigenvalue weighted by Crippen LogP contribution is -2.36. The molecule has 0 aromatic rings. The van der Waals surface area contributed by atoms with Gasteiger partial charge in [-0.2, -0.15) is 0 Å². The van der Waals surface area contributed by atoms with Crippen molar-refractivity contribution in [1.29, 1.82) is 0 Å². The minimum absolute atomic E-state index is 0.270. The van der Waals surface area contributed by atoms with Crippen LogP contribution in [-0.4, -0.2) is 35.7 Å². The highest BCUT2D eigenvalue weighted by Crippen LogP contribution is 2.12. The average molecular weight is 283 g/mol. The summed E-state index contributed by atoms with van der Waals surface area (Å²) in [6.45, 7) is 13.1. The van der Waals surface area contributed by atoms with Crippen LogP contribution >= 0.6 is 0 Å². The van der Waals surface area contributed by atoms with E-state index in [0.29, 0.717) is 12.1 Å². The fraction of sp³-hybridized carbons (Fsp3) is 0.643. The Balaban J connectivity index is 4.52. The summed E-state index contributed by atoms with van der Waals surface area (Å²) < 4.78 is 5.23. The van der Waals surface area contributed by atoms with Crippen molar-refractivity contribution in [1.82, 2.24) is 5.06 Å². The van der Waals surface area contributed by atoms with Crippen molar-refractivity contribution in [2.75, 3.05) is 6.54 Å². The Morgan fingerprint density at radius 1 is 1.40 bits per heavy atom. The number of rotatable bonds is 7. The maximum atomic E-state index is 11.9. The van der Waals surface area contributed by atoms with Crippen LogP contribution in [0.2, 0.25) is 0 Å². The van der Waals surface area contributed by atoms with E-state index in [-0.39, 0.29) is 6.54 Å². The van der Waals surface area contributed by atoms with Gasteiger partial charge in [-0.15, -0.1) is 5.06 Å². The first-order valence-electron chi connectivity index (χ1n) is 6.66. The standard InChI is InChI=1S/C14H25N3O3/c1-7-10-15-12(3)9-11-17(20-16-8-2)13(18)19-14(4,5)6/h8,10H,3,7,9,11H2,1-2,4-6H3/b15-10-,16-8+. The number of carbonyl (C=O) groups is 1. The van der Waals surface area contributed by atoms with Crippen molar-refractivity contribution >= 4 is 18.5 Å². The van der Waals surface area contributed by atoms with Crippen LogP contribution in [0.4, 0.5) is 4.79 Å². The summed E-state index contributed by atoms with van der Waals surface area (Å²) in [4.78, 5) is 21.1. The number of oxime groups is 1. The van der Waals surface area contributed by atoms with Crippen LogP contribution in [-0.2, 0) is 9.68 Å². The van der Waals surface area contributed by atoms with Crippen LogP contribution in [0.25, 0.3) is 0 Å². The van der Waals surface area contributed by atoms with Gasteiger partial charge in [0, 0.05) is 24.5 Å². The molecule has 0 unspecified atom stereocenters. The quantitative estimate of drug-likeness (QED) is 0.530. The molecule has 0 radical (unpaired) electrons.